The highest BCUT2D eigenvalue weighted by molar-refractivity contribution is 7.88. The lowest BCUT2D eigenvalue weighted by Crippen LogP contribution is -2.53. The number of carbonyl (C=O) groups excluding carboxylic acids is 1. The minimum atomic E-state index is -3.59. The quantitative estimate of drug-likeness (QED) is 0.210. The number of allylic oxidation sites excluding steroid dienone is 2. The third-order valence-corrected chi connectivity index (χ3v) is 11.2. The summed E-state index contributed by atoms with van der Waals surface area (Å²) in [5.41, 5.74) is 1.96. The first-order valence-electron chi connectivity index (χ1n) is 15.6. The molecule has 0 saturated heterocycles. The van der Waals surface area contributed by atoms with Gasteiger partial charge in [-0.15, -0.1) is 0 Å². The maximum Gasteiger partial charge on any atom is 0.211 e. The average molecular weight is 628 g/mol. The normalized spacial score (nSPS) is 26.2. The van der Waals surface area contributed by atoms with Gasteiger partial charge in [0.15, 0.2) is 5.78 Å². The van der Waals surface area contributed by atoms with E-state index >= 15 is 0 Å². The van der Waals surface area contributed by atoms with E-state index in [4.69, 9.17) is 9.47 Å². The third-order valence-electron chi connectivity index (χ3n) is 9.93. The van der Waals surface area contributed by atoms with Gasteiger partial charge in [0.05, 0.1) is 25.1 Å². The zero-order valence-electron chi connectivity index (χ0n) is 26.8. The number of ether oxygens (including phenoxy) is 2. The number of methoxy groups -OCH3 is 2. The predicted octanol–water partition coefficient (Wildman–Crippen LogP) is 5.26. The molecule has 4 atom stereocenters. The summed E-state index contributed by atoms with van der Waals surface area (Å²) in [5, 5.41) is 23.3. The second-order valence-corrected chi connectivity index (χ2v) is 14.9. The zero-order valence-corrected chi connectivity index (χ0v) is 27.7. The molecule has 1 saturated carbocycles. The van der Waals surface area contributed by atoms with E-state index in [2.05, 4.69) is 19.9 Å². The van der Waals surface area contributed by atoms with Crippen LogP contribution < -0.4 is 4.74 Å². The van der Waals surface area contributed by atoms with Gasteiger partial charge >= 0.3 is 0 Å². The maximum atomic E-state index is 14.2. The van der Waals surface area contributed by atoms with Crippen molar-refractivity contribution < 1.29 is 32.9 Å². The van der Waals surface area contributed by atoms with Crippen LogP contribution in [0.2, 0.25) is 0 Å². The molecule has 0 radical (unpaired) electrons. The molecule has 0 spiro atoms. The fourth-order valence-corrected chi connectivity index (χ4v) is 8.04. The first-order chi connectivity index (χ1) is 20.8. The molecule has 2 N–H and O–H groups in total. The Kier molecular flexibility index (Phi) is 11.1. The van der Waals surface area contributed by atoms with E-state index in [1.54, 1.807) is 38.5 Å². The average Bonchev–Trinajstić information content (AvgIpc) is 3.24. The Bertz CT molecular complexity index is 1440. The van der Waals surface area contributed by atoms with E-state index in [-0.39, 0.29) is 24.8 Å². The Morgan fingerprint density at radius 3 is 2.48 bits per heavy atom. The highest BCUT2D eigenvalue weighted by Gasteiger charge is 2.57. The second-order valence-electron chi connectivity index (χ2n) is 12.9. The summed E-state index contributed by atoms with van der Waals surface area (Å²) in [4.78, 5) is 14.2. The fourth-order valence-electron chi connectivity index (χ4n) is 7.13. The number of hydrogen-bond donors (Lipinski definition) is 2. The second kappa shape index (κ2) is 14.3. The number of aliphatic hydroxyl groups excluding tert-OH is 1. The van der Waals surface area contributed by atoms with E-state index in [9.17, 15) is 23.4 Å². The molecule has 1 fully saturated rings. The third kappa shape index (κ3) is 7.62. The number of benzene rings is 2. The Balaban J connectivity index is 1.82. The minimum Gasteiger partial charge on any atom is -0.497 e. The van der Waals surface area contributed by atoms with Crippen LogP contribution in [0.3, 0.4) is 0 Å². The molecule has 2 aromatic carbocycles. The van der Waals surface area contributed by atoms with Crippen molar-refractivity contribution in [2.45, 2.75) is 82.8 Å². The molecule has 5 rings (SSSR count). The van der Waals surface area contributed by atoms with Crippen molar-refractivity contribution in [1.29, 1.82) is 0 Å². The first-order valence-corrected chi connectivity index (χ1v) is 17.5. The molecule has 0 heterocycles. The van der Waals surface area contributed by atoms with Gasteiger partial charge in [-0.2, -0.15) is 4.31 Å². The standard InChI is InChI=1S/C35H49NO7S/c1-25-8-6-18-34(2)32(17-19-35(34,39)24-36(44(5,40)41)20-7-21-42-3)30-16-10-26(22-28(37)13-9-25)23-31(30)33(38)27-11-14-29(43-4)15-12-27/h8,10-12,14-16,23,28,32,37,39H,6-7,9,13,17-22,24H2,1-5H3. The molecule has 8 nitrogen and oxygen atoms in total. The van der Waals surface area contributed by atoms with Gasteiger partial charge in [0.2, 0.25) is 10.0 Å². The molecule has 9 heteroatoms. The monoisotopic (exact) mass is 627 g/mol. The highest BCUT2D eigenvalue weighted by Crippen LogP contribution is 2.59. The number of hydrogen-bond acceptors (Lipinski definition) is 7. The van der Waals surface area contributed by atoms with Crippen molar-refractivity contribution in [2.75, 3.05) is 40.2 Å². The summed E-state index contributed by atoms with van der Waals surface area (Å²) in [5.74, 6) is 0.337. The van der Waals surface area contributed by atoms with E-state index in [1.165, 1.54) is 16.1 Å². The van der Waals surface area contributed by atoms with Gasteiger partial charge in [-0.05, 0) is 106 Å². The van der Waals surface area contributed by atoms with Gasteiger partial charge in [0, 0.05) is 43.3 Å². The van der Waals surface area contributed by atoms with Gasteiger partial charge in [-0.3, -0.25) is 4.79 Å². The molecule has 4 unspecified atom stereocenters. The molecule has 2 bridgehead atoms. The van der Waals surface area contributed by atoms with Gasteiger partial charge in [-0.1, -0.05) is 30.7 Å². The van der Waals surface area contributed by atoms with Crippen LogP contribution in [-0.4, -0.2) is 80.6 Å². The topological polar surface area (TPSA) is 113 Å². The number of nitrogens with zero attached hydrogens (tertiary/aromatic N) is 1. The lowest BCUT2D eigenvalue weighted by molar-refractivity contribution is -0.0726. The van der Waals surface area contributed by atoms with Crippen molar-refractivity contribution >= 4 is 15.8 Å². The summed E-state index contributed by atoms with van der Waals surface area (Å²) in [7, 11) is -0.425. The molecule has 44 heavy (non-hydrogen) atoms. The number of ketones is 1. The van der Waals surface area contributed by atoms with Crippen LogP contribution in [0.1, 0.15) is 91.8 Å². The van der Waals surface area contributed by atoms with Gasteiger partial charge in [-0.25, -0.2) is 8.42 Å². The van der Waals surface area contributed by atoms with Crippen molar-refractivity contribution in [3.8, 4) is 5.75 Å². The summed E-state index contributed by atoms with van der Waals surface area (Å²) in [6, 6.07) is 12.9. The molecule has 2 aromatic rings. The summed E-state index contributed by atoms with van der Waals surface area (Å²) >= 11 is 0. The van der Waals surface area contributed by atoms with Gasteiger partial charge < -0.3 is 19.7 Å². The van der Waals surface area contributed by atoms with Crippen LogP contribution in [0.25, 0.3) is 0 Å². The van der Waals surface area contributed by atoms with Crippen LogP contribution in [0.4, 0.5) is 0 Å². The molecular weight excluding hydrogens is 578 g/mol. The van der Waals surface area contributed by atoms with Crippen molar-refractivity contribution in [2.24, 2.45) is 5.41 Å². The summed E-state index contributed by atoms with van der Waals surface area (Å²) in [6.07, 6.45) is 7.49. The summed E-state index contributed by atoms with van der Waals surface area (Å²) < 4.78 is 37.7. The fraction of sp³-hybridized carbons (Fsp3) is 0.571. The van der Waals surface area contributed by atoms with Gasteiger partial charge in [0.25, 0.3) is 0 Å². The molecule has 0 amide bonds. The number of fused-ring (bicyclic) bond motifs is 8. The van der Waals surface area contributed by atoms with E-state index in [0.29, 0.717) is 68.4 Å². The molecule has 0 aromatic heterocycles. The summed E-state index contributed by atoms with van der Waals surface area (Å²) in [6.45, 7) is 4.80. The Labute approximate surface area is 263 Å². The highest BCUT2D eigenvalue weighted by atomic mass is 32.2. The van der Waals surface area contributed by atoms with E-state index in [0.717, 1.165) is 17.5 Å². The molecule has 242 valence electrons. The van der Waals surface area contributed by atoms with Crippen LogP contribution in [0.15, 0.2) is 54.1 Å². The van der Waals surface area contributed by atoms with Crippen LogP contribution in [0.5, 0.6) is 5.75 Å². The molecule has 0 aliphatic heterocycles. The Morgan fingerprint density at radius 1 is 1.09 bits per heavy atom. The van der Waals surface area contributed by atoms with Crippen molar-refractivity contribution in [1.82, 2.24) is 4.31 Å². The Morgan fingerprint density at radius 2 is 1.82 bits per heavy atom. The molecule has 3 aliphatic rings. The number of aliphatic hydroxyl groups is 2. The SMILES string of the molecule is COCCCN(CC1(O)CCC2c3ccc(cc3C(=O)c3ccc(OC)cc3)CC(O)CCC(C)=CCCC21C)S(C)(=O)=O. The number of sulfonamides is 1. The smallest absolute Gasteiger partial charge is 0.211 e. The van der Waals surface area contributed by atoms with Crippen molar-refractivity contribution in [3.05, 3.63) is 76.4 Å². The molecule has 3 aliphatic carbocycles. The largest absolute Gasteiger partial charge is 0.497 e. The van der Waals surface area contributed by atoms with Crippen LogP contribution in [-0.2, 0) is 21.2 Å². The lowest BCUT2D eigenvalue weighted by atomic mass is 9.64. The maximum absolute atomic E-state index is 14.2. The zero-order chi connectivity index (χ0) is 32.1. The van der Waals surface area contributed by atoms with Gasteiger partial charge in [0.1, 0.15) is 5.75 Å². The minimum absolute atomic E-state index is 0.0166. The molecular formula is C35H49NO7S. The van der Waals surface area contributed by atoms with Crippen molar-refractivity contribution in [3.63, 3.8) is 0 Å². The first kappa shape index (κ1) is 34.3. The van der Waals surface area contributed by atoms with E-state index < -0.39 is 27.1 Å². The number of rotatable bonds is 10. The van der Waals surface area contributed by atoms with Crippen LogP contribution in [0, 0.1) is 5.41 Å². The Hall–Kier alpha value is -2.56. The van der Waals surface area contributed by atoms with Crippen LogP contribution >= 0.6 is 0 Å². The van der Waals surface area contributed by atoms with E-state index in [1.807, 2.05) is 18.2 Å². The lowest BCUT2D eigenvalue weighted by Gasteiger charge is -2.45. The predicted molar refractivity (Wildman–Crippen MR) is 173 cm³/mol. The number of carbonyl (C=O) groups is 1.